The van der Waals surface area contributed by atoms with Gasteiger partial charge in [0.25, 0.3) is 0 Å². The van der Waals surface area contributed by atoms with Gasteiger partial charge in [-0.05, 0) is 52.7 Å². The lowest BCUT2D eigenvalue weighted by molar-refractivity contribution is 0.546. The minimum absolute atomic E-state index is 0.110. The monoisotopic (exact) mass is 341 g/mol. The van der Waals surface area contributed by atoms with Crippen LogP contribution in [-0.2, 0) is 6.42 Å². The molecule has 0 radical (unpaired) electrons. The number of thiophene rings is 1. The third-order valence-electron chi connectivity index (χ3n) is 3.06. The summed E-state index contributed by atoms with van der Waals surface area (Å²) in [6.45, 7) is 3.77. The molecule has 0 saturated carbocycles. The van der Waals surface area contributed by atoms with Crippen molar-refractivity contribution in [1.82, 2.24) is 5.32 Å². The second kappa shape index (κ2) is 7.17. The summed E-state index contributed by atoms with van der Waals surface area (Å²) in [5, 5.41) is 3.33. The Balaban J connectivity index is 2.18. The second-order valence-electron chi connectivity index (χ2n) is 4.44. The highest BCUT2D eigenvalue weighted by Gasteiger charge is 2.16. The van der Waals surface area contributed by atoms with Crippen LogP contribution in [0.1, 0.15) is 23.3 Å². The van der Waals surface area contributed by atoms with Gasteiger partial charge in [-0.2, -0.15) is 0 Å². The van der Waals surface area contributed by atoms with E-state index in [-0.39, 0.29) is 11.7 Å². The molecule has 19 heavy (non-hydrogen) atoms. The van der Waals surface area contributed by atoms with E-state index >= 15 is 0 Å². The van der Waals surface area contributed by atoms with E-state index in [4.69, 9.17) is 0 Å². The molecular weight excluding hydrogens is 325 g/mol. The molecule has 0 aliphatic heterocycles. The van der Waals surface area contributed by atoms with Gasteiger partial charge in [0.15, 0.2) is 0 Å². The van der Waals surface area contributed by atoms with E-state index in [2.05, 4.69) is 34.2 Å². The van der Waals surface area contributed by atoms with Crippen LogP contribution in [-0.4, -0.2) is 13.1 Å². The third kappa shape index (κ3) is 4.13. The maximum atomic E-state index is 13.9. The van der Waals surface area contributed by atoms with Gasteiger partial charge in [-0.15, -0.1) is 11.3 Å². The van der Waals surface area contributed by atoms with E-state index in [1.807, 2.05) is 18.2 Å². The van der Waals surface area contributed by atoms with Gasteiger partial charge >= 0.3 is 0 Å². The van der Waals surface area contributed by atoms with Crippen LogP contribution in [0.3, 0.4) is 0 Å². The summed E-state index contributed by atoms with van der Waals surface area (Å²) in [4.78, 5) is 1.28. The van der Waals surface area contributed by atoms with Crippen molar-refractivity contribution in [3.63, 3.8) is 0 Å². The second-order valence-corrected chi connectivity index (χ2v) is 6.98. The molecule has 2 aromatic rings. The maximum Gasteiger partial charge on any atom is 0.126 e. The normalized spacial score (nSPS) is 12.6. The summed E-state index contributed by atoms with van der Waals surface area (Å²) in [5.41, 5.74) is 0.799. The Morgan fingerprint density at radius 1 is 1.26 bits per heavy atom. The molecule has 0 saturated heterocycles. The molecule has 4 heteroatoms. The van der Waals surface area contributed by atoms with E-state index in [9.17, 15) is 4.39 Å². The fourth-order valence-corrected chi connectivity index (χ4v) is 3.68. The third-order valence-corrected chi connectivity index (χ3v) is 4.71. The fourth-order valence-electron chi connectivity index (χ4n) is 2.12. The molecule has 1 N–H and O–H groups in total. The molecule has 1 nitrogen and oxygen atoms in total. The number of hydrogen-bond donors (Lipinski definition) is 1. The molecule has 0 aliphatic carbocycles. The van der Waals surface area contributed by atoms with Gasteiger partial charge in [-0.1, -0.05) is 25.1 Å². The minimum Gasteiger partial charge on any atom is -0.316 e. The lowest BCUT2D eigenvalue weighted by atomic mass is 9.94. The molecule has 1 aromatic heterocycles. The molecule has 1 unspecified atom stereocenters. The van der Waals surface area contributed by atoms with E-state index in [0.717, 1.165) is 28.9 Å². The number of halogens is 2. The molecule has 1 atom stereocenters. The first-order chi connectivity index (χ1) is 9.20. The first kappa shape index (κ1) is 14.7. The van der Waals surface area contributed by atoms with E-state index < -0.39 is 0 Å². The molecule has 2 rings (SSSR count). The van der Waals surface area contributed by atoms with Crippen molar-refractivity contribution >= 4 is 27.3 Å². The Morgan fingerprint density at radius 2 is 2.05 bits per heavy atom. The van der Waals surface area contributed by atoms with Crippen LogP contribution in [0.15, 0.2) is 40.2 Å². The largest absolute Gasteiger partial charge is 0.316 e. The summed E-state index contributed by atoms with van der Waals surface area (Å²) in [6.07, 6.45) is 0.865. The molecule has 0 fully saturated rings. The summed E-state index contributed by atoms with van der Waals surface area (Å²) >= 11 is 5.19. The standard InChI is InChI=1S/C15H17BrFNS/c1-2-18-10-11(9-12-7-8-15(16)19-12)13-5-3-4-6-14(13)17/h3-8,11,18H,2,9-10H2,1H3. The highest BCUT2D eigenvalue weighted by Crippen LogP contribution is 2.28. The van der Waals surface area contributed by atoms with Crippen LogP contribution < -0.4 is 5.32 Å². The molecule has 102 valence electrons. The zero-order valence-corrected chi connectivity index (χ0v) is 13.2. The molecule has 1 heterocycles. The van der Waals surface area contributed by atoms with Crippen molar-refractivity contribution in [1.29, 1.82) is 0 Å². The maximum absolute atomic E-state index is 13.9. The summed E-state index contributed by atoms with van der Waals surface area (Å²) in [6, 6.07) is 11.2. The van der Waals surface area contributed by atoms with Crippen LogP contribution in [0.2, 0.25) is 0 Å². The van der Waals surface area contributed by atoms with E-state index in [1.165, 1.54) is 4.88 Å². The quantitative estimate of drug-likeness (QED) is 0.810. The molecule has 0 spiro atoms. The van der Waals surface area contributed by atoms with Gasteiger partial charge < -0.3 is 5.32 Å². The minimum atomic E-state index is -0.110. The first-order valence-electron chi connectivity index (χ1n) is 6.40. The van der Waals surface area contributed by atoms with Crippen molar-refractivity contribution in [2.24, 2.45) is 0 Å². The number of hydrogen-bond acceptors (Lipinski definition) is 2. The Kier molecular flexibility index (Phi) is 5.55. The lowest BCUT2D eigenvalue weighted by Crippen LogP contribution is -2.23. The van der Waals surface area contributed by atoms with Crippen LogP contribution in [0.25, 0.3) is 0 Å². The van der Waals surface area contributed by atoms with Gasteiger partial charge in [0.1, 0.15) is 5.82 Å². The van der Waals surface area contributed by atoms with Gasteiger partial charge in [-0.25, -0.2) is 4.39 Å². The number of benzene rings is 1. The Bertz CT molecular complexity index is 526. The average Bonchev–Trinajstić information content (AvgIpc) is 2.81. The molecular formula is C15H17BrFNS. The van der Waals surface area contributed by atoms with E-state index in [1.54, 1.807) is 23.5 Å². The summed E-state index contributed by atoms with van der Waals surface area (Å²) in [7, 11) is 0. The van der Waals surface area contributed by atoms with Gasteiger partial charge in [0, 0.05) is 17.3 Å². The molecule has 0 bridgehead atoms. The predicted molar refractivity (Wildman–Crippen MR) is 83.4 cm³/mol. The average molecular weight is 342 g/mol. The molecule has 1 aromatic carbocycles. The number of nitrogens with one attached hydrogen (secondary N) is 1. The van der Waals surface area contributed by atoms with Crippen molar-refractivity contribution in [3.8, 4) is 0 Å². The van der Waals surface area contributed by atoms with Crippen molar-refractivity contribution in [2.45, 2.75) is 19.3 Å². The number of likely N-dealkylation sites (N-methyl/N-ethyl adjacent to an activating group) is 1. The lowest BCUT2D eigenvalue weighted by Gasteiger charge is -2.17. The summed E-state index contributed by atoms with van der Waals surface area (Å²) in [5.74, 6) is 0.0627. The molecule has 0 amide bonds. The predicted octanol–water partition coefficient (Wildman–Crippen LogP) is 4.59. The van der Waals surface area contributed by atoms with Crippen molar-refractivity contribution in [3.05, 3.63) is 56.4 Å². The highest BCUT2D eigenvalue weighted by atomic mass is 79.9. The van der Waals surface area contributed by atoms with Gasteiger partial charge in [0.2, 0.25) is 0 Å². The van der Waals surface area contributed by atoms with Gasteiger partial charge in [0.05, 0.1) is 3.79 Å². The van der Waals surface area contributed by atoms with E-state index in [0.29, 0.717) is 0 Å². The van der Waals surface area contributed by atoms with Crippen LogP contribution in [0, 0.1) is 5.82 Å². The van der Waals surface area contributed by atoms with Crippen molar-refractivity contribution < 1.29 is 4.39 Å². The first-order valence-corrected chi connectivity index (χ1v) is 8.01. The summed E-state index contributed by atoms with van der Waals surface area (Å²) < 4.78 is 15.1. The highest BCUT2D eigenvalue weighted by molar-refractivity contribution is 9.11. The zero-order valence-electron chi connectivity index (χ0n) is 10.8. The van der Waals surface area contributed by atoms with Gasteiger partial charge in [-0.3, -0.25) is 0 Å². The number of rotatable bonds is 6. The van der Waals surface area contributed by atoms with Crippen LogP contribution in [0.4, 0.5) is 4.39 Å². The Morgan fingerprint density at radius 3 is 2.68 bits per heavy atom. The van der Waals surface area contributed by atoms with Crippen LogP contribution >= 0.6 is 27.3 Å². The Labute approximate surface area is 126 Å². The Hall–Kier alpha value is -0.710. The van der Waals surface area contributed by atoms with Crippen LogP contribution in [0.5, 0.6) is 0 Å². The molecule has 0 aliphatic rings. The smallest absolute Gasteiger partial charge is 0.126 e. The zero-order chi connectivity index (χ0) is 13.7. The van der Waals surface area contributed by atoms with Crippen molar-refractivity contribution in [2.75, 3.05) is 13.1 Å². The SMILES string of the molecule is CCNCC(Cc1ccc(Br)s1)c1ccccc1F. The topological polar surface area (TPSA) is 12.0 Å². The fraction of sp³-hybridized carbons (Fsp3) is 0.333.